The number of nitrogens with zero attached hydrogens (tertiary/aromatic N) is 2. The number of carbonyl (C=O) groups is 1. The van der Waals surface area contributed by atoms with Gasteiger partial charge in [-0.1, -0.05) is 87.8 Å². The van der Waals surface area contributed by atoms with E-state index in [0.29, 0.717) is 28.5 Å². The first-order chi connectivity index (χ1) is 19.3. The molecule has 0 amide bonds. The van der Waals surface area contributed by atoms with Crippen molar-refractivity contribution < 1.29 is 4.79 Å². The predicted molar refractivity (Wildman–Crippen MR) is 165 cm³/mol. The van der Waals surface area contributed by atoms with E-state index in [0.717, 1.165) is 61.5 Å². The lowest BCUT2D eigenvalue weighted by Gasteiger charge is -2.38. The van der Waals surface area contributed by atoms with Crippen molar-refractivity contribution >= 4 is 29.1 Å². The molecular weight excluding hydrogens is 516 g/mol. The van der Waals surface area contributed by atoms with Gasteiger partial charge in [-0.3, -0.25) is 9.59 Å². The van der Waals surface area contributed by atoms with Crippen molar-refractivity contribution in [3.05, 3.63) is 92.9 Å². The zero-order valence-corrected chi connectivity index (χ0v) is 24.9. The van der Waals surface area contributed by atoms with Gasteiger partial charge in [-0.15, -0.1) is 0 Å². The molecule has 0 saturated heterocycles. The monoisotopic (exact) mass is 556 g/mol. The van der Waals surface area contributed by atoms with Gasteiger partial charge >= 0.3 is 0 Å². The first-order valence-corrected chi connectivity index (χ1v) is 15.5. The predicted octanol–water partition coefficient (Wildman–Crippen LogP) is 7.28. The van der Waals surface area contributed by atoms with Gasteiger partial charge < -0.3 is 15.2 Å². The van der Waals surface area contributed by atoms with Crippen molar-refractivity contribution in [3.8, 4) is 0 Å². The molecule has 210 valence electrons. The van der Waals surface area contributed by atoms with Crippen molar-refractivity contribution in [2.45, 2.75) is 77.4 Å². The normalized spacial score (nSPS) is 17.7. The van der Waals surface area contributed by atoms with Gasteiger partial charge in [0.1, 0.15) is 5.82 Å². The second-order valence-corrected chi connectivity index (χ2v) is 12.8. The molecule has 1 aliphatic carbocycles. The van der Waals surface area contributed by atoms with E-state index >= 15 is 0 Å². The van der Waals surface area contributed by atoms with Crippen LogP contribution >= 0.6 is 11.8 Å². The Morgan fingerprint density at radius 1 is 1.00 bits per heavy atom. The van der Waals surface area contributed by atoms with Gasteiger partial charge in [-0.25, -0.2) is 4.98 Å². The summed E-state index contributed by atoms with van der Waals surface area (Å²) in [6.07, 6.45) is 4.61. The maximum Gasteiger partial charge on any atom is 0.257 e. The summed E-state index contributed by atoms with van der Waals surface area (Å²) in [5, 5.41) is 4.07. The number of Topliss-reactive ketones (excluding diaryl/α,β-unsaturated/α-hetero) is 1. The number of hydrogen-bond donors (Lipinski definition) is 2. The van der Waals surface area contributed by atoms with Crippen molar-refractivity contribution in [1.29, 1.82) is 0 Å². The number of nitrogens with one attached hydrogen (secondary N) is 2. The number of hydrogen-bond acceptors (Lipinski definition) is 6. The van der Waals surface area contributed by atoms with Crippen molar-refractivity contribution in [3.63, 3.8) is 0 Å². The smallest absolute Gasteiger partial charge is 0.257 e. The highest BCUT2D eigenvalue weighted by atomic mass is 32.2. The number of ketones is 1. The third-order valence-corrected chi connectivity index (χ3v) is 8.84. The average molecular weight is 557 g/mol. The van der Waals surface area contributed by atoms with Gasteiger partial charge in [0.2, 0.25) is 0 Å². The number of aromatic amines is 1. The number of fused-ring (bicyclic) bond motifs is 1. The molecule has 2 N–H and O–H groups in total. The van der Waals surface area contributed by atoms with Crippen LogP contribution in [0, 0.1) is 5.41 Å². The van der Waals surface area contributed by atoms with Crippen LogP contribution in [0.3, 0.4) is 0 Å². The highest BCUT2D eigenvalue weighted by molar-refractivity contribution is 7.99. The summed E-state index contributed by atoms with van der Waals surface area (Å²) in [6.45, 7) is 10.3. The number of anilines is 2. The number of carbonyl (C=O) groups excluding carboxylic acids is 1. The lowest BCUT2D eigenvalue weighted by molar-refractivity contribution is -0.118. The van der Waals surface area contributed by atoms with E-state index in [1.165, 1.54) is 5.56 Å². The Labute approximate surface area is 241 Å². The summed E-state index contributed by atoms with van der Waals surface area (Å²) in [4.78, 5) is 37.4. The van der Waals surface area contributed by atoms with Crippen LogP contribution in [-0.4, -0.2) is 28.0 Å². The fraction of sp³-hybridized carbons (Fsp3) is 0.424. The van der Waals surface area contributed by atoms with Crippen molar-refractivity contribution in [2.75, 3.05) is 22.5 Å². The molecule has 1 aliphatic heterocycles. The van der Waals surface area contributed by atoms with Crippen LogP contribution in [0.15, 0.2) is 75.8 Å². The molecule has 5 rings (SSSR count). The van der Waals surface area contributed by atoms with Crippen LogP contribution in [0.5, 0.6) is 0 Å². The van der Waals surface area contributed by atoms with E-state index in [-0.39, 0.29) is 16.8 Å². The quantitative estimate of drug-likeness (QED) is 0.155. The second kappa shape index (κ2) is 12.0. The number of benzene rings is 2. The number of unbranched alkanes of at least 4 members (excludes halogenated alkanes) is 2. The Kier molecular flexibility index (Phi) is 8.50. The number of allylic oxidation sites excluding steroid dienone is 2. The fourth-order valence-corrected chi connectivity index (χ4v) is 6.75. The Morgan fingerprint density at radius 3 is 2.45 bits per heavy atom. The molecule has 2 aromatic carbocycles. The second-order valence-electron chi connectivity index (χ2n) is 11.7. The topological polar surface area (TPSA) is 78.1 Å². The lowest BCUT2D eigenvalue weighted by Crippen LogP contribution is -2.37. The minimum Gasteiger partial charge on any atom is -0.367 e. The standard InChI is InChI=1S/C33H40N4O2S/c1-5-7-11-18-40-32-35-30-29(31(39)36-32)27(28-25(34-30)19-33(3,4)20-26(28)38)23-14-16-24(17-15-23)37(6-2)21-22-12-9-8-10-13-22/h8-10,12-17,27H,5-7,11,18-21H2,1-4H3,(H2,34,35,36,39). The largest absolute Gasteiger partial charge is 0.367 e. The van der Waals surface area contributed by atoms with Gasteiger partial charge in [0, 0.05) is 48.1 Å². The molecule has 1 unspecified atom stereocenters. The van der Waals surface area contributed by atoms with Crippen molar-refractivity contribution in [1.82, 2.24) is 9.97 Å². The molecule has 1 aromatic heterocycles. The highest BCUT2D eigenvalue weighted by Crippen LogP contribution is 2.47. The van der Waals surface area contributed by atoms with E-state index in [2.05, 4.69) is 91.4 Å². The Bertz CT molecular complexity index is 1440. The number of thioether (sulfide) groups is 1. The van der Waals surface area contributed by atoms with E-state index in [4.69, 9.17) is 4.98 Å². The minimum atomic E-state index is -0.441. The van der Waals surface area contributed by atoms with Crippen LogP contribution in [0.4, 0.5) is 11.5 Å². The summed E-state index contributed by atoms with van der Waals surface area (Å²) in [6, 6.07) is 18.8. The van der Waals surface area contributed by atoms with Crippen LogP contribution < -0.4 is 15.8 Å². The number of rotatable bonds is 10. The molecule has 3 aromatic rings. The van der Waals surface area contributed by atoms with E-state index in [1.54, 1.807) is 11.8 Å². The minimum absolute atomic E-state index is 0.107. The van der Waals surface area contributed by atoms with E-state index in [9.17, 15) is 9.59 Å². The summed E-state index contributed by atoms with van der Waals surface area (Å²) in [5.41, 5.74) is 5.15. The zero-order valence-electron chi connectivity index (χ0n) is 24.0. The summed E-state index contributed by atoms with van der Waals surface area (Å²) >= 11 is 1.59. The van der Waals surface area contributed by atoms with E-state index < -0.39 is 5.92 Å². The Morgan fingerprint density at radius 2 is 1.75 bits per heavy atom. The first-order valence-electron chi connectivity index (χ1n) is 14.5. The van der Waals surface area contributed by atoms with Crippen LogP contribution in [-0.2, 0) is 11.3 Å². The van der Waals surface area contributed by atoms with Crippen molar-refractivity contribution in [2.24, 2.45) is 5.41 Å². The third kappa shape index (κ3) is 6.04. The fourth-order valence-electron chi connectivity index (χ4n) is 5.88. The summed E-state index contributed by atoms with van der Waals surface area (Å²) in [5.74, 6) is 1.16. The SMILES string of the molecule is CCCCCSc1nc2c(c(=O)[nH]1)C(c1ccc(N(CC)Cc3ccccc3)cc1)C1=C(CC(C)(C)CC1=O)N2. The van der Waals surface area contributed by atoms with Crippen LogP contribution in [0.1, 0.15) is 82.4 Å². The molecular formula is C33H40N4O2S. The number of aromatic nitrogens is 2. The van der Waals surface area contributed by atoms with Gasteiger partial charge in [0.05, 0.1) is 5.56 Å². The molecule has 6 nitrogen and oxygen atoms in total. The molecule has 2 aliphatic rings. The maximum atomic E-state index is 13.6. The Hall–Kier alpha value is -3.32. The molecule has 2 heterocycles. The molecule has 1 atom stereocenters. The van der Waals surface area contributed by atoms with Gasteiger partial charge in [0.25, 0.3) is 5.56 Å². The third-order valence-electron chi connectivity index (χ3n) is 7.88. The molecule has 0 bridgehead atoms. The molecule has 0 saturated carbocycles. The van der Waals surface area contributed by atoms with Gasteiger partial charge in [-0.05, 0) is 48.4 Å². The molecule has 0 radical (unpaired) electrons. The Balaban J connectivity index is 1.52. The molecule has 40 heavy (non-hydrogen) atoms. The molecule has 0 spiro atoms. The van der Waals surface area contributed by atoms with Crippen LogP contribution in [0.25, 0.3) is 0 Å². The summed E-state index contributed by atoms with van der Waals surface area (Å²) in [7, 11) is 0. The number of H-pyrrole nitrogens is 1. The lowest BCUT2D eigenvalue weighted by atomic mass is 9.69. The van der Waals surface area contributed by atoms with Crippen LogP contribution in [0.2, 0.25) is 0 Å². The molecule has 7 heteroatoms. The van der Waals surface area contributed by atoms with Gasteiger partial charge in [0.15, 0.2) is 10.9 Å². The summed E-state index contributed by atoms with van der Waals surface area (Å²) < 4.78 is 0. The maximum absolute atomic E-state index is 13.6. The average Bonchev–Trinajstić information content (AvgIpc) is 2.93. The highest BCUT2D eigenvalue weighted by Gasteiger charge is 2.42. The van der Waals surface area contributed by atoms with E-state index in [1.807, 2.05) is 6.07 Å². The zero-order chi connectivity index (χ0) is 28.3. The van der Waals surface area contributed by atoms with Gasteiger partial charge in [-0.2, -0.15) is 0 Å². The first kappa shape index (κ1) is 28.2. The molecule has 0 fully saturated rings.